The van der Waals surface area contributed by atoms with E-state index >= 15 is 0 Å². The van der Waals surface area contributed by atoms with Crippen LogP contribution in [0.15, 0.2) is 16.5 Å². The monoisotopic (exact) mass is 300 g/mol. The summed E-state index contributed by atoms with van der Waals surface area (Å²) in [7, 11) is 0. The molecule has 4 rings (SSSR count). The molecule has 5 heteroatoms. The van der Waals surface area contributed by atoms with Gasteiger partial charge in [-0.3, -0.25) is 4.90 Å². The second-order valence-electron chi connectivity index (χ2n) is 6.50. The van der Waals surface area contributed by atoms with Crippen LogP contribution in [0.3, 0.4) is 0 Å². The summed E-state index contributed by atoms with van der Waals surface area (Å²) in [4.78, 5) is 2.48. The Morgan fingerprint density at radius 1 is 0.909 bits per heavy atom. The zero-order valence-corrected chi connectivity index (χ0v) is 13.1. The quantitative estimate of drug-likeness (QED) is 0.873. The summed E-state index contributed by atoms with van der Waals surface area (Å²) in [5, 5.41) is 8.74. The van der Waals surface area contributed by atoms with Crippen LogP contribution in [-0.4, -0.2) is 32.8 Å². The zero-order valence-electron chi connectivity index (χ0n) is 13.1. The van der Waals surface area contributed by atoms with E-state index in [1.165, 1.54) is 51.6 Å². The highest BCUT2D eigenvalue weighted by molar-refractivity contribution is 5.47. The molecule has 2 aromatic rings. The van der Waals surface area contributed by atoms with Gasteiger partial charge in [-0.2, -0.15) is 0 Å². The Kier molecular flexibility index (Phi) is 3.97. The summed E-state index contributed by atoms with van der Waals surface area (Å²) in [6.07, 6.45) is 8.73. The Labute approximate surface area is 131 Å². The van der Waals surface area contributed by atoms with Crippen molar-refractivity contribution < 1.29 is 4.42 Å². The standard InChI is InChI=1S/C17H24N4O/c1-3-7-16-18-19-17(21(16)12-6-1)15-9-8-14(22-15)13-20-10-4-2-5-11-20/h8-9H,1-7,10-13H2. The average molecular weight is 300 g/mol. The van der Waals surface area contributed by atoms with Crippen molar-refractivity contribution in [2.24, 2.45) is 0 Å². The second-order valence-corrected chi connectivity index (χ2v) is 6.50. The molecule has 1 saturated heterocycles. The van der Waals surface area contributed by atoms with Crippen LogP contribution in [0.25, 0.3) is 11.6 Å². The summed E-state index contributed by atoms with van der Waals surface area (Å²) in [6.45, 7) is 4.31. The van der Waals surface area contributed by atoms with E-state index < -0.39 is 0 Å². The average Bonchev–Trinajstić information content (AvgIpc) is 3.09. The topological polar surface area (TPSA) is 47.1 Å². The van der Waals surface area contributed by atoms with Crippen LogP contribution in [0.2, 0.25) is 0 Å². The highest BCUT2D eigenvalue weighted by Gasteiger charge is 2.19. The van der Waals surface area contributed by atoms with Gasteiger partial charge in [-0.15, -0.1) is 10.2 Å². The van der Waals surface area contributed by atoms with E-state index in [0.717, 1.165) is 42.7 Å². The van der Waals surface area contributed by atoms with Crippen molar-refractivity contribution in [2.45, 2.75) is 58.0 Å². The fraction of sp³-hybridized carbons (Fsp3) is 0.647. The lowest BCUT2D eigenvalue weighted by Crippen LogP contribution is -2.28. The fourth-order valence-corrected chi connectivity index (χ4v) is 3.59. The number of hydrogen-bond acceptors (Lipinski definition) is 4. The normalized spacial score (nSPS) is 19.8. The molecule has 0 spiro atoms. The molecule has 2 aliphatic heterocycles. The number of hydrogen-bond donors (Lipinski definition) is 0. The van der Waals surface area contributed by atoms with Crippen molar-refractivity contribution in [3.8, 4) is 11.6 Å². The molecule has 4 heterocycles. The molecular weight excluding hydrogens is 276 g/mol. The zero-order chi connectivity index (χ0) is 14.8. The first-order valence-electron chi connectivity index (χ1n) is 8.64. The molecule has 0 bridgehead atoms. The van der Waals surface area contributed by atoms with Crippen LogP contribution in [0, 0.1) is 0 Å². The van der Waals surface area contributed by atoms with Crippen LogP contribution < -0.4 is 0 Å². The number of likely N-dealkylation sites (tertiary alicyclic amines) is 1. The van der Waals surface area contributed by atoms with Gasteiger partial charge in [-0.25, -0.2) is 0 Å². The second kappa shape index (κ2) is 6.24. The van der Waals surface area contributed by atoms with E-state index in [0.29, 0.717) is 0 Å². The van der Waals surface area contributed by atoms with Gasteiger partial charge in [0.05, 0.1) is 6.54 Å². The van der Waals surface area contributed by atoms with Crippen LogP contribution in [0.4, 0.5) is 0 Å². The number of furan rings is 1. The number of nitrogens with zero attached hydrogens (tertiary/aromatic N) is 4. The lowest BCUT2D eigenvalue weighted by Gasteiger charge is -2.25. The van der Waals surface area contributed by atoms with E-state index in [1.54, 1.807) is 0 Å². The first-order chi connectivity index (χ1) is 10.9. The Hall–Kier alpha value is -1.62. The molecule has 5 nitrogen and oxygen atoms in total. The lowest BCUT2D eigenvalue weighted by atomic mass is 10.1. The Morgan fingerprint density at radius 2 is 1.73 bits per heavy atom. The summed E-state index contributed by atoms with van der Waals surface area (Å²) >= 11 is 0. The van der Waals surface area contributed by atoms with Crippen LogP contribution in [0.5, 0.6) is 0 Å². The van der Waals surface area contributed by atoms with Crippen molar-refractivity contribution in [1.29, 1.82) is 0 Å². The Balaban J connectivity index is 1.52. The van der Waals surface area contributed by atoms with Crippen LogP contribution in [0.1, 0.15) is 50.1 Å². The van der Waals surface area contributed by atoms with E-state index in [4.69, 9.17) is 4.42 Å². The number of aryl methyl sites for hydroxylation is 1. The van der Waals surface area contributed by atoms with Gasteiger partial charge in [0.15, 0.2) is 11.6 Å². The number of rotatable bonds is 3. The molecule has 0 saturated carbocycles. The maximum Gasteiger partial charge on any atom is 0.199 e. The van der Waals surface area contributed by atoms with Gasteiger partial charge in [0.1, 0.15) is 11.6 Å². The molecule has 0 aliphatic carbocycles. The molecule has 118 valence electrons. The summed E-state index contributed by atoms with van der Waals surface area (Å²) < 4.78 is 8.32. The molecule has 2 aliphatic rings. The molecule has 22 heavy (non-hydrogen) atoms. The van der Waals surface area contributed by atoms with E-state index in [2.05, 4.69) is 31.8 Å². The third-order valence-corrected chi connectivity index (χ3v) is 4.82. The summed E-state index contributed by atoms with van der Waals surface area (Å²) in [5.41, 5.74) is 0. The van der Waals surface area contributed by atoms with Gasteiger partial charge in [-0.1, -0.05) is 12.8 Å². The predicted octanol–water partition coefficient (Wildman–Crippen LogP) is 3.25. The molecule has 0 unspecified atom stereocenters. The molecule has 0 amide bonds. The molecule has 1 fully saturated rings. The highest BCUT2D eigenvalue weighted by Crippen LogP contribution is 2.25. The lowest BCUT2D eigenvalue weighted by molar-refractivity contribution is 0.205. The minimum absolute atomic E-state index is 0.868. The van der Waals surface area contributed by atoms with E-state index in [9.17, 15) is 0 Å². The van der Waals surface area contributed by atoms with Gasteiger partial charge in [0.2, 0.25) is 0 Å². The largest absolute Gasteiger partial charge is 0.456 e. The van der Waals surface area contributed by atoms with Gasteiger partial charge in [-0.05, 0) is 50.9 Å². The predicted molar refractivity (Wildman–Crippen MR) is 84.4 cm³/mol. The van der Waals surface area contributed by atoms with E-state index in [1.807, 2.05) is 0 Å². The van der Waals surface area contributed by atoms with Gasteiger partial charge in [0.25, 0.3) is 0 Å². The summed E-state index contributed by atoms with van der Waals surface area (Å²) in [5.74, 6) is 3.93. The molecular formula is C17H24N4O. The highest BCUT2D eigenvalue weighted by atomic mass is 16.3. The minimum atomic E-state index is 0.868. The molecule has 0 aromatic carbocycles. The van der Waals surface area contributed by atoms with Crippen LogP contribution >= 0.6 is 0 Å². The van der Waals surface area contributed by atoms with Crippen molar-refractivity contribution >= 4 is 0 Å². The first-order valence-corrected chi connectivity index (χ1v) is 8.64. The third kappa shape index (κ3) is 2.82. The van der Waals surface area contributed by atoms with Gasteiger partial charge in [0, 0.05) is 13.0 Å². The van der Waals surface area contributed by atoms with Gasteiger partial charge >= 0.3 is 0 Å². The SMILES string of the molecule is c1cc(-c2nnc3n2CCCCC3)oc1CN1CCCCC1. The van der Waals surface area contributed by atoms with E-state index in [-0.39, 0.29) is 0 Å². The maximum atomic E-state index is 6.07. The third-order valence-electron chi connectivity index (χ3n) is 4.82. The van der Waals surface area contributed by atoms with Crippen molar-refractivity contribution in [3.05, 3.63) is 23.7 Å². The summed E-state index contributed by atoms with van der Waals surface area (Å²) in [6, 6.07) is 4.16. The number of fused-ring (bicyclic) bond motifs is 1. The first kappa shape index (κ1) is 14.0. The Morgan fingerprint density at radius 3 is 2.64 bits per heavy atom. The number of aromatic nitrogens is 3. The molecule has 2 aromatic heterocycles. The fourth-order valence-electron chi connectivity index (χ4n) is 3.59. The maximum absolute atomic E-state index is 6.07. The minimum Gasteiger partial charge on any atom is -0.456 e. The smallest absolute Gasteiger partial charge is 0.199 e. The molecule has 0 N–H and O–H groups in total. The molecule has 0 radical (unpaired) electrons. The van der Waals surface area contributed by atoms with Gasteiger partial charge < -0.3 is 8.98 Å². The number of piperidine rings is 1. The van der Waals surface area contributed by atoms with Crippen molar-refractivity contribution in [2.75, 3.05) is 13.1 Å². The Bertz CT molecular complexity index is 624. The van der Waals surface area contributed by atoms with Crippen LogP contribution in [-0.2, 0) is 19.5 Å². The van der Waals surface area contributed by atoms with Crippen molar-refractivity contribution in [1.82, 2.24) is 19.7 Å². The molecule has 0 atom stereocenters. The van der Waals surface area contributed by atoms with Crippen molar-refractivity contribution in [3.63, 3.8) is 0 Å².